The van der Waals surface area contributed by atoms with Crippen LogP contribution >= 0.6 is 0 Å². The van der Waals surface area contributed by atoms with Gasteiger partial charge in [0.2, 0.25) is 0 Å². The van der Waals surface area contributed by atoms with Gasteiger partial charge in [0.15, 0.2) is 0 Å². The maximum Gasteiger partial charge on any atom is 0.407 e. The van der Waals surface area contributed by atoms with Crippen molar-refractivity contribution in [3.63, 3.8) is 0 Å². The number of rotatable bonds is 2. The van der Waals surface area contributed by atoms with Gasteiger partial charge in [0.1, 0.15) is 0 Å². The SMILES string of the molecule is CCOC(=O)NC1CCC=CCC1. The van der Waals surface area contributed by atoms with Crippen molar-refractivity contribution in [3.05, 3.63) is 12.2 Å². The normalized spacial score (nSPS) is 17.9. The van der Waals surface area contributed by atoms with Gasteiger partial charge in [-0.2, -0.15) is 0 Å². The molecule has 0 radical (unpaired) electrons. The van der Waals surface area contributed by atoms with Crippen LogP contribution in [0.2, 0.25) is 0 Å². The predicted molar refractivity (Wildman–Crippen MR) is 51.6 cm³/mol. The van der Waals surface area contributed by atoms with Crippen LogP contribution in [0.25, 0.3) is 0 Å². The van der Waals surface area contributed by atoms with Crippen molar-refractivity contribution in [2.75, 3.05) is 6.61 Å². The molecule has 0 spiro atoms. The Balaban J connectivity index is 2.23. The summed E-state index contributed by atoms with van der Waals surface area (Å²) in [4.78, 5) is 11.1. The summed E-state index contributed by atoms with van der Waals surface area (Å²) < 4.78 is 4.81. The molecule has 0 aromatic heterocycles. The molecule has 0 fully saturated rings. The Bertz CT molecular complexity index is 179. The van der Waals surface area contributed by atoms with E-state index in [0.717, 1.165) is 25.7 Å². The Morgan fingerprint density at radius 1 is 1.46 bits per heavy atom. The largest absolute Gasteiger partial charge is 0.450 e. The van der Waals surface area contributed by atoms with E-state index in [4.69, 9.17) is 4.74 Å². The molecule has 1 aliphatic carbocycles. The van der Waals surface area contributed by atoms with E-state index in [2.05, 4.69) is 17.5 Å². The molecule has 1 N–H and O–H groups in total. The first kappa shape index (κ1) is 10.1. The van der Waals surface area contributed by atoms with E-state index < -0.39 is 0 Å². The van der Waals surface area contributed by atoms with E-state index >= 15 is 0 Å². The van der Waals surface area contributed by atoms with Crippen LogP contribution in [-0.2, 0) is 4.74 Å². The fourth-order valence-electron chi connectivity index (χ4n) is 1.46. The molecule has 3 heteroatoms. The zero-order chi connectivity index (χ0) is 9.52. The third kappa shape index (κ3) is 3.97. The Hall–Kier alpha value is -0.990. The number of ether oxygens (including phenoxy) is 1. The lowest BCUT2D eigenvalue weighted by molar-refractivity contribution is 0.147. The van der Waals surface area contributed by atoms with E-state index in [1.54, 1.807) is 0 Å². The summed E-state index contributed by atoms with van der Waals surface area (Å²) in [7, 11) is 0. The molecule has 74 valence electrons. The monoisotopic (exact) mass is 183 g/mol. The summed E-state index contributed by atoms with van der Waals surface area (Å²) >= 11 is 0. The zero-order valence-electron chi connectivity index (χ0n) is 8.08. The lowest BCUT2D eigenvalue weighted by atomic mass is 10.1. The molecular weight excluding hydrogens is 166 g/mol. The smallest absolute Gasteiger partial charge is 0.407 e. The van der Waals surface area contributed by atoms with Crippen molar-refractivity contribution >= 4 is 6.09 Å². The van der Waals surface area contributed by atoms with Gasteiger partial charge in [-0.3, -0.25) is 0 Å². The summed E-state index contributed by atoms with van der Waals surface area (Å²) in [5.41, 5.74) is 0. The average molecular weight is 183 g/mol. The highest BCUT2D eigenvalue weighted by molar-refractivity contribution is 5.67. The van der Waals surface area contributed by atoms with Crippen molar-refractivity contribution < 1.29 is 9.53 Å². The van der Waals surface area contributed by atoms with Crippen molar-refractivity contribution in [2.45, 2.75) is 38.6 Å². The van der Waals surface area contributed by atoms with Gasteiger partial charge in [-0.05, 0) is 32.6 Å². The Labute approximate surface area is 79.2 Å². The minimum Gasteiger partial charge on any atom is -0.450 e. The number of amides is 1. The lowest BCUT2D eigenvalue weighted by Crippen LogP contribution is -2.34. The second-order valence-corrected chi connectivity index (χ2v) is 3.19. The van der Waals surface area contributed by atoms with Crippen LogP contribution in [-0.4, -0.2) is 18.7 Å². The number of allylic oxidation sites excluding steroid dienone is 2. The van der Waals surface area contributed by atoms with Gasteiger partial charge in [0.25, 0.3) is 0 Å². The minimum atomic E-state index is -0.283. The fourth-order valence-corrected chi connectivity index (χ4v) is 1.46. The van der Waals surface area contributed by atoms with Gasteiger partial charge in [-0.25, -0.2) is 4.79 Å². The second kappa shape index (κ2) is 5.62. The van der Waals surface area contributed by atoms with Crippen molar-refractivity contribution in [3.8, 4) is 0 Å². The first-order chi connectivity index (χ1) is 6.33. The number of nitrogens with one attached hydrogen (secondary N) is 1. The molecule has 1 rings (SSSR count). The van der Waals surface area contributed by atoms with Crippen LogP contribution < -0.4 is 5.32 Å². The fraction of sp³-hybridized carbons (Fsp3) is 0.700. The number of carbonyl (C=O) groups is 1. The van der Waals surface area contributed by atoms with Gasteiger partial charge < -0.3 is 10.1 Å². The van der Waals surface area contributed by atoms with Crippen molar-refractivity contribution in [1.82, 2.24) is 5.32 Å². The van der Waals surface area contributed by atoms with Crippen LogP contribution in [0.1, 0.15) is 32.6 Å². The van der Waals surface area contributed by atoms with Gasteiger partial charge >= 0.3 is 6.09 Å². The van der Waals surface area contributed by atoms with Gasteiger partial charge in [0, 0.05) is 6.04 Å². The molecule has 1 aliphatic rings. The van der Waals surface area contributed by atoms with Crippen LogP contribution in [0.15, 0.2) is 12.2 Å². The molecule has 0 atom stereocenters. The Kier molecular flexibility index (Phi) is 4.36. The third-order valence-corrected chi connectivity index (χ3v) is 2.13. The molecule has 3 nitrogen and oxygen atoms in total. The highest BCUT2D eigenvalue weighted by atomic mass is 16.5. The van der Waals surface area contributed by atoms with Crippen LogP contribution in [0.4, 0.5) is 4.79 Å². The maximum absolute atomic E-state index is 11.1. The molecule has 0 heterocycles. The van der Waals surface area contributed by atoms with Crippen molar-refractivity contribution in [1.29, 1.82) is 0 Å². The molecule has 0 bridgehead atoms. The van der Waals surface area contributed by atoms with Gasteiger partial charge in [0.05, 0.1) is 6.61 Å². The molecule has 13 heavy (non-hydrogen) atoms. The average Bonchev–Trinajstić information content (AvgIpc) is 2.33. The quantitative estimate of drug-likeness (QED) is 0.667. The molecule has 0 aromatic rings. The number of hydrogen-bond donors (Lipinski definition) is 1. The van der Waals surface area contributed by atoms with Crippen LogP contribution in [0.3, 0.4) is 0 Å². The molecule has 0 saturated carbocycles. The predicted octanol–water partition coefficient (Wildman–Crippen LogP) is 2.23. The van der Waals surface area contributed by atoms with Gasteiger partial charge in [-0.15, -0.1) is 0 Å². The summed E-state index contributed by atoms with van der Waals surface area (Å²) in [6, 6.07) is 0.286. The number of carbonyl (C=O) groups excluding carboxylic acids is 1. The standard InChI is InChI=1S/C10H17NO2/c1-2-13-10(12)11-9-7-5-3-4-6-8-9/h3-4,9H,2,5-8H2,1H3,(H,11,12). The van der Waals surface area contributed by atoms with E-state index in [-0.39, 0.29) is 12.1 Å². The second-order valence-electron chi connectivity index (χ2n) is 3.19. The van der Waals surface area contributed by atoms with Crippen LogP contribution in [0, 0.1) is 0 Å². The van der Waals surface area contributed by atoms with Crippen molar-refractivity contribution in [2.24, 2.45) is 0 Å². The number of hydrogen-bond acceptors (Lipinski definition) is 2. The highest BCUT2D eigenvalue weighted by Gasteiger charge is 2.12. The molecular formula is C10H17NO2. The first-order valence-corrected chi connectivity index (χ1v) is 4.91. The summed E-state index contributed by atoms with van der Waals surface area (Å²) in [6.07, 6.45) is 8.22. The first-order valence-electron chi connectivity index (χ1n) is 4.91. The molecule has 0 saturated heterocycles. The summed E-state index contributed by atoms with van der Waals surface area (Å²) in [5, 5.41) is 2.86. The third-order valence-electron chi connectivity index (χ3n) is 2.13. The highest BCUT2D eigenvalue weighted by Crippen LogP contribution is 2.11. The van der Waals surface area contributed by atoms with E-state index in [9.17, 15) is 4.79 Å². The van der Waals surface area contributed by atoms with E-state index in [1.165, 1.54) is 0 Å². The maximum atomic E-state index is 11.1. The Morgan fingerprint density at radius 3 is 2.62 bits per heavy atom. The topological polar surface area (TPSA) is 38.3 Å². The van der Waals surface area contributed by atoms with Gasteiger partial charge in [-0.1, -0.05) is 12.2 Å². The molecule has 1 amide bonds. The molecule has 0 aliphatic heterocycles. The van der Waals surface area contributed by atoms with Crippen LogP contribution in [0.5, 0.6) is 0 Å². The lowest BCUT2D eigenvalue weighted by Gasteiger charge is -2.15. The molecule has 0 aromatic carbocycles. The number of alkyl carbamates (subject to hydrolysis) is 1. The summed E-state index contributed by atoms with van der Waals surface area (Å²) in [6.45, 7) is 2.25. The minimum absolute atomic E-state index is 0.283. The Morgan fingerprint density at radius 2 is 2.08 bits per heavy atom. The van der Waals surface area contributed by atoms with E-state index in [1.807, 2.05) is 6.92 Å². The molecule has 0 unspecified atom stereocenters. The summed E-state index contributed by atoms with van der Waals surface area (Å²) in [5.74, 6) is 0. The zero-order valence-corrected chi connectivity index (χ0v) is 8.08. The van der Waals surface area contributed by atoms with E-state index in [0.29, 0.717) is 6.61 Å².